The van der Waals surface area contributed by atoms with E-state index >= 15 is 0 Å². The maximum absolute atomic E-state index is 14.3. The molecule has 7 heteroatoms. The van der Waals surface area contributed by atoms with Crippen molar-refractivity contribution in [2.24, 2.45) is 5.92 Å². The molecule has 3 aromatic carbocycles. The molecule has 0 aromatic heterocycles. The maximum Gasteiger partial charge on any atom is 0.418 e. The summed E-state index contributed by atoms with van der Waals surface area (Å²) in [7, 11) is 0. The molecule has 1 atom stereocenters. The molecular weight excluding hydrogens is 440 g/mol. The largest absolute Gasteiger partial charge is 0.418 e. The molecule has 33 heavy (non-hydrogen) atoms. The molecule has 0 aliphatic rings. The lowest BCUT2D eigenvalue weighted by Crippen LogP contribution is -2.15. The Labute approximate surface area is 189 Å². The number of hydrogen-bond donors (Lipinski definition) is 1. The Morgan fingerprint density at radius 1 is 0.727 bits per heavy atom. The predicted molar refractivity (Wildman–Crippen MR) is 119 cm³/mol. The van der Waals surface area contributed by atoms with Crippen molar-refractivity contribution in [3.63, 3.8) is 0 Å². The normalized spacial score (nSPS) is 13.3. The number of rotatable bonds is 6. The minimum absolute atomic E-state index is 0.140. The monoisotopic (exact) mass is 465 g/mol. The number of benzene rings is 3. The highest BCUT2D eigenvalue weighted by Gasteiger charge is 2.38. The second-order valence-corrected chi connectivity index (χ2v) is 8.58. The molecule has 0 saturated heterocycles. The van der Waals surface area contributed by atoms with Gasteiger partial charge in [0.25, 0.3) is 0 Å². The summed E-state index contributed by atoms with van der Waals surface area (Å²) in [6, 6.07) is 16.0. The van der Waals surface area contributed by atoms with Crippen molar-refractivity contribution in [1.82, 2.24) is 0 Å². The van der Waals surface area contributed by atoms with Crippen LogP contribution in [0.5, 0.6) is 0 Å². The van der Waals surface area contributed by atoms with Crippen LogP contribution in [0, 0.1) is 5.92 Å². The third kappa shape index (κ3) is 6.09. The van der Waals surface area contributed by atoms with Crippen molar-refractivity contribution < 1.29 is 26.3 Å². The number of halogens is 6. The van der Waals surface area contributed by atoms with Gasteiger partial charge < -0.3 is 5.32 Å². The number of nitrogens with one attached hydrogen (secondary N) is 1. The Hall–Kier alpha value is -2.96. The minimum atomic E-state index is -4.65. The van der Waals surface area contributed by atoms with Crippen LogP contribution in [0.25, 0.3) is 11.1 Å². The molecule has 0 saturated carbocycles. The van der Waals surface area contributed by atoms with Crippen LogP contribution in [0.1, 0.15) is 49.8 Å². The number of alkyl halides is 6. The standard InChI is InChI=1S/C26H25F6N/c1-16(2)13-17(3)22-14-19(18-7-5-4-6-8-18)15-23(24(22)26(30,31)32)33-21-11-9-20(10-12-21)25(27,28)29/h4-12,14-17,33H,13H2,1-3H3. The third-order valence-electron chi connectivity index (χ3n) is 5.41. The Kier molecular flexibility index (Phi) is 7.10. The Morgan fingerprint density at radius 2 is 1.33 bits per heavy atom. The second-order valence-electron chi connectivity index (χ2n) is 8.58. The summed E-state index contributed by atoms with van der Waals surface area (Å²) >= 11 is 0. The fourth-order valence-corrected chi connectivity index (χ4v) is 4.00. The molecule has 3 aromatic rings. The average molecular weight is 465 g/mol. The van der Waals surface area contributed by atoms with E-state index < -0.39 is 23.5 Å². The lowest BCUT2D eigenvalue weighted by atomic mass is 9.85. The summed E-state index contributed by atoms with van der Waals surface area (Å²) in [4.78, 5) is 0. The fraction of sp³-hybridized carbons (Fsp3) is 0.308. The zero-order valence-electron chi connectivity index (χ0n) is 18.5. The van der Waals surface area contributed by atoms with E-state index in [9.17, 15) is 26.3 Å². The summed E-state index contributed by atoms with van der Waals surface area (Å²) in [6.45, 7) is 5.67. The van der Waals surface area contributed by atoms with Gasteiger partial charge in [0.05, 0.1) is 16.8 Å². The Bertz CT molecular complexity index is 1070. The maximum atomic E-state index is 14.3. The first-order valence-corrected chi connectivity index (χ1v) is 10.6. The van der Waals surface area contributed by atoms with Gasteiger partial charge in [-0.3, -0.25) is 0 Å². The van der Waals surface area contributed by atoms with Crippen LogP contribution in [0.2, 0.25) is 0 Å². The van der Waals surface area contributed by atoms with Gasteiger partial charge in [-0.1, -0.05) is 57.2 Å². The fourth-order valence-electron chi connectivity index (χ4n) is 4.00. The molecule has 3 rings (SSSR count). The van der Waals surface area contributed by atoms with E-state index in [1.807, 2.05) is 19.9 Å². The molecule has 0 amide bonds. The van der Waals surface area contributed by atoms with Gasteiger partial charge in [-0.05, 0) is 65.3 Å². The molecule has 0 bridgehead atoms. The SMILES string of the molecule is CC(C)CC(C)c1cc(-c2ccccc2)cc(Nc2ccc(C(F)(F)F)cc2)c1C(F)(F)F. The highest BCUT2D eigenvalue weighted by molar-refractivity contribution is 5.76. The van der Waals surface area contributed by atoms with E-state index in [1.165, 1.54) is 6.07 Å². The zero-order chi connectivity index (χ0) is 24.4. The summed E-state index contributed by atoms with van der Waals surface area (Å²) in [5.41, 5.74) is -0.200. The van der Waals surface area contributed by atoms with E-state index in [2.05, 4.69) is 5.32 Å². The van der Waals surface area contributed by atoms with Gasteiger partial charge in [0.1, 0.15) is 0 Å². The average Bonchev–Trinajstić information content (AvgIpc) is 2.72. The van der Waals surface area contributed by atoms with Crippen LogP contribution in [0.4, 0.5) is 37.7 Å². The van der Waals surface area contributed by atoms with Crippen LogP contribution in [-0.4, -0.2) is 0 Å². The first-order chi connectivity index (χ1) is 15.4. The summed E-state index contributed by atoms with van der Waals surface area (Å²) in [6.07, 6.45) is -8.62. The van der Waals surface area contributed by atoms with Crippen molar-refractivity contribution >= 4 is 11.4 Å². The lowest BCUT2D eigenvalue weighted by Gasteiger charge is -2.25. The number of anilines is 2. The van der Waals surface area contributed by atoms with Crippen LogP contribution in [0.15, 0.2) is 66.7 Å². The second kappa shape index (κ2) is 9.49. The first kappa shape index (κ1) is 24.7. The predicted octanol–water partition coefficient (Wildman–Crippen LogP) is 9.28. The molecule has 0 radical (unpaired) electrons. The van der Waals surface area contributed by atoms with E-state index in [1.54, 1.807) is 37.3 Å². The van der Waals surface area contributed by atoms with Crippen molar-refractivity contribution in [2.75, 3.05) is 5.32 Å². The van der Waals surface area contributed by atoms with Crippen molar-refractivity contribution in [3.8, 4) is 11.1 Å². The molecule has 0 heterocycles. The molecule has 0 fully saturated rings. The summed E-state index contributed by atoms with van der Waals surface area (Å²) in [5, 5.41) is 2.73. The van der Waals surface area contributed by atoms with Crippen LogP contribution < -0.4 is 5.32 Å². The minimum Gasteiger partial charge on any atom is -0.355 e. The van der Waals surface area contributed by atoms with Gasteiger partial charge in [-0.25, -0.2) is 0 Å². The van der Waals surface area contributed by atoms with Gasteiger partial charge in [0.2, 0.25) is 0 Å². The topological polar surface area (TPSA) is 12.0 Å². The first-order valence-electron chi connectivity index (χ1n) is 10.6. The Morgan fingerprint density at radius 3 is 1.85 bits per heavy atom. The van der Waals surface area contributed by atoms with Crippen molar-refractivity contribution in [3.05, 3.63) is 83.4 Å². The molecule has 1 unspecified atom stereocenters. The lowest BCUT2D eigenvalue weighted by molar-refractivity contribution is -0.138. The highest BCUT2D eigenvalue weighted by Crippen LogP contribution is 2.45. The van der Waals surface area contributed by atoms with Crippen LogP contribution in [0.3, 0.4) is 0 Å². The van der Waals surface area contributed by atoms with Crippen molar-refractivity contribution in [1.29, 1.82) is 0 Å². The van der Waals surface area contributed by atoms with Gasteiger partial charge >= 0.3 is 12.4 Å². The smallest absolute Gasteiger partial charge is 0.355 e. The van der Waals surface area contributed by atoms with Crippen molar-refractivity contribution in [2.45, 2.75) is 45.5 Å². The Balaban J connectivity index is 2.17. The molecule has 176 valence electrons. The number of hydrogen-bond acceptors (Lipinski definition) is 1. The molecular formula is C26H25F6N. The van der Waals surface area contributed by atoms with Crippen LogP contribution >= 0.6 is 0 Å². The highest BCUT2D eigenvalue weighted by atomic mass is 19.4. The third-order valence-corrected chi connectivity index (χ3v) is 5.41. The van der Waals surface area contributed by atoms with E-state index in [4.69, 9.17) is 0 Å². The van der Waals surface area contributed by atoms with Gasteiger partial charge in [-0.15, -0.1) is 0 Å². The summed E-state index contributed by atoms with van der Waals surface area (Å²) in [5.74, 6) is -0.189. The molecule has 0 aliphatic heterocycles. The van der Waals surface area contributed by atoms with E-state index in [0.29, 0.717) is 12.0 Å². The zero-order valence-corrected chi connectivity index (χ0v) is 18.5. The van der Waals surface area contributed by atoms with Gasteiger partial charge in [-0.2, -0.15) is 26.3 Å². The molecule has 1 N–H and O–H groups in total. The van der Waals surface area contributed by atoms with E-state index in [0.717, 1.165) is 29.8 Å². The summed E-state index contributed by atoms with van der Waals surface area (Å²) < 4.78 is 81.5. The molecule has 0 aliphatic carbocycles. The molecule has 0 spiro atoms. The van der Waals surface area contributed by atoms with Gasteiger partial charge in [0.15, 0.2) is 0 Å². The van der Waals surface area contributed by atoms with Crippen LogP contribution in [-0.2, 0) is 12.4 Å². The molecule has 1 nitrogen and oxygen atoms in total. The quantitative estimate of drug-likeness (QED) is 0.358. The van der Waals surface area contributed by atoms with E-state index in [-0.39, 0.29) is 28.8 Å². The van der Waals surface area contributed by atoms with Gasteiger partial charge in [0, 0.05) is 5.69 Å².